The Morgan fingerprint density at radius 1 is 1.04 bits per heavy atom. The minimum atomic E-state index is -0.249. The summed E-state index contributed by atoms with van der Waals surface area (Å²) < 4.78 is 6.98. The maximum atomic E-state index is 12.8. The van der Waals surface area contributed by atoms with E-state index in [2.05, 4.69) is 15.1 Å². The maximum Gasteiger partial charge on any atom is 0.292 e. The van der Waals surface area contributed by atoms with Crippen molar-refractivity contribution < 1.29 is 14.3 Å². The van der Waals surface area contributed by atoms with Crippen molar-refractivity contribution in [2.75, 3.05) is 26.3 Å². The lowest BCUT2D eigenvalue weighted by atomic mass is 10.2. The Hall–Kier alpha value is -2.81. The molecule has 2 amide bonds. The summed E-state index contributed by atoms with van der Waals surface area (Å²) >= 11 is 0. The number of carbonyl (C=O) groups is 2. The molecule has 2 aliphatic heterocycles. The minimum absolute atomic E-state index is 0.106. The molecule has 0 atom stereocenters. The van der Waals surface area contributed by atoms with Crippen molar-refractivity contribution in [3.05, 3.63) is 41.2 Å². The van der Waals surface area contributed by atoms with Crippen LogP contribution < -0.4 is 0 Å². The first-order valence-electron chi connectivity index (χ1n) is 8.13. The number of aromatic nitrogens is 4. The Bertz CT molecular complexity index is 813. The lowest BCUT2D eigenvalue weighted by Gasteiger charge is -2.26. The van der Waals surface area contributed by atoms with Crippen LogP contribution >= 0.6 is 0 Å². The average Bonchev–Trinajstić information content (AvgIpc) is 3.23. The molecule has 2 aromatic rings. The Morgan fingerprint density at radius 2 is 1.76 bits per heavy atom. The summed E-state index contributed by atoms with van der Waals surface area (Å²) in [5.74, 6) is -0.198. The van der Waals surface area contributed by atoms with Crippen molar-refractivity contribution in [3.8, 4) is 0 Å². The molecule has 9 nitrogen and oxygen atoms in total. The average molecular weight is 342 g/mol. The van der Waals surface area contributed by atoms with Gasteiger partial charge in [-0.05, 0) is 6.07 Å². The fourth-order valence-corrected chi connectivity index (χ4v) is 3.18. The number of amides is 2. The molecule has 1 fully saturated rings. The van der Waals surface area contributed by atoms with Gasteiger partial charge in [0.05, 0.1) is 32.0 Å². The second kappa shape index (κ2) is 6.25. The van der Waals surface area contributed by atoms with Crippen LogP contribution in [-0.4, -0.2) is 67.7 Å². The maximum absolute atomic E-state index is 12.8. The summed E-state index contributed by atoms with van der Waals surface area (Å²) in [4.78, 5) is 36.8. The van der Waals surface area contributed by atoms with Crippen LogP contribution in [0.1, 0.15) is 32.4 Å². The van der Waals surface area contributed by atoms with Crippen LogP contribution in [0.5, 0.6) is 0 Å². The molecule has 0 aliphatic carbocycles. The predicted molar refractivity (Wildman–Crippen MR) is 85.5 cm³/mol. The monoisotopic (exact) mass is 342 g/mol. The molecule has 0 spiro atoms. The van der Waals surface area contributed by atoms with Gasteiger partial charge >= 0.3 is 0 Å². The quantitative estimate of drug-likeness (QED) is 0.753. The molecule has 4 rings (SSSR count). The molecule has 25 heavy (non-hydrogen) atoms. The number of aryl methyl sites for hydroxylation is 1. The summed E-state index contributed by atoms with van der Waals surface area (Å²) in [6.45, 7) is 2.93. The minimum Gasteiger partial charge on any atom is -0.378 e. The molecule has 0 saturated carbocycles. The molecule has 0 N–H and O–H groups in total. The molecule has 130 valence electrons. The van der Waals surface area contributed by atoms with Crippen LogP contribution in [0.2, 0.25) is 0 Å². The molecule has 0 aromatic carbocycles. The Labute approximate surface area is 144 Å². The summed E-state index contributed by atoms with van der Waals surface area (Å²) in [7, 11) is 1.79. The van der Waals surface area contributed by atoms with E-state index >= 15 is 0 Å². The van der Waals surface area contributed by atoms with E-state index in [-0.39, 0.29) is 17.6 Å². The van der Waals surface area contributed by atoms with Gasteiger partial charge in [0.15, 0.2) is 5.69 Å². The lowest BCUT2D eigenvalue weighted by Crippen LogP contribution is -2.41. The standard InChI is InChI=1S/C16H18N6O3/c1-20-12-10-22(16(24)14-17-3-2-4-18-14)9-11(12)13(19-20)15(23)21-5-7-25-8-6-21/h2-4H,5-10H2,1H3. The van der Waals surface area contributed by atoms with Gasteiger partial charge < -0.3 is 14.5 Å². The molecule has 0 bridgehead atoms. The highest BCUT2D eigenvalue weighted by atomic mass is 16.5. The number of fused-ring (bicyclic) bond motifs is 1. The van der Waals surface area contributed by atoms with Gasteiger partial charge in [-0.3, -0.25) is 14.3 Å². The lowest BCUT2D eigenvalue weighted by molar-refractivity contribution is 0.0297. The normalized spacial score (nSPS) is 16.8. The van der Waals surface area contributed by atoms with E-state index in [1.54, 1.807) is 40.0 Å². The van der Waals surface area contributed by atoms with Crippen LogP contribution in [0.3, 0.4) is 0 Å². The second-order valence-electron chi connectivity index (χ2n) is 6.04. The predicted octanol–water partition coefficient (Wildman–Crippen LogP) is -0.161. The van der Waals surface area contributed by atoms with Crippen LogP contribution in [0.4, 0.5) is 0 Å². The SMILES string of the molecule is Cn1nc(C(=O)N2CCOCC2)c2c1CN(C(=O)c1ncccn1)C2. The van der Waals surface area contributed by atoms with Crippen molar-refractivity contribution in [2.45, 2.75) is 13.1 Å². The van der Waals surface area contributed by atoms with Crippen molar-refractivity contribution in [3.63, 3.8) is 0 Å². The number of hydrogen-bond acceptors (Lipinski definition) is 6. The molecule has 0 unspecified atom stereocenters. The van der Waals surface area contributed by atoms with E-state index in [9.17, 15) is 9.59 Å². The topological polar surface area (TPSA) is 93.5 Å². The van der Waals surface area contributed by atoms with E-state index in [0.29, 0.717) is 45.1 Å². The number of carbonyl (C=O) groups excluding carboxylic acids is 2. The van der Waals surface area contributed by atoms with Crippen molar-refractivity contribution in [1.29, 1.82) is 0 Å². The zero-order chi connectivity index (χ0) is 17.4. The van der Waals surface area contributed by atoms with Gasteiger partial charge in [0.2, 0.25) is 5.82 Å². The Balaban J connectivity index is 1.57. The number of rotatable bonds is 2. The van der Waals surface area contributed by atoms with Crippen LogP contribution in [0.15, 0.2) is 18.5 Å². The molecular formula is C16H18N6O3. The number of morpholine rings is 1. The molecule has 0 radical (unpaired) electrons. The Morgan fingerprint density at radius 3 is 2.48 bits per heavy atom. The van der Waals surface area contributed by atoms with Crippen LogP contribution in [0, 0.1) is 0 Å². The number of nitrogens with zero attached hydrogens (tertiary/aromatic N) is 6. The molecule has 2 aliphatic rings. The third-order valence-electron chi connectivity index (χ3n) is 4.51. The summed E-state index contributed by atoms with van der Waals surface area (Å²) in [6, 6.07) is 1.67. The van der Waals surface area contributed by atoms with Crippen molar-refractivity contribution in [2.24, 2.45) is 7.05 Å². The fourth-order valence-electron chi connectivity index (χ4n) is 3.18. The second-order valence-corrected chi connectivity index (χ2v) is 6.04. The summed E-state index contributed by atoms with van der Waals surface area (Å²) in [5.41, 5.74) is 2.10. The van der Waals surface area contributed by atoms with Crippen molar-refractivity contribution >= 4 is 11.8 Å². The highest BCUT2D eigenvalue weighted by Gasteiger charge is 2.34. The smallest absolute Gasteiger partial charge is 0.292 e. The van der Waals surface area contributed by atoms with Gasteiger partial charge in [0.25, 0.3) is 11.8 Å². The van der Waals surface area contributed by atoms with Crippen molar-refractivity contribution in [1.82, 2.24) is 29.5 Å². The summed E-state index contributed by atoms with van der Waals surface area (Å²) in [5, 5.41) is 4.39. The van der Waals surface area contributed by atoms with Gasteiger partial charge in [-0.2, -0.15) is 5.10 Å². The zero-order valence-corrected chi connectivity index (χ0v) is 13.9. The molecule has 2 aromatic heterocycles. The van der Waals surface area contributed by atoms with Gasteiger partial charge in [-0.25, -0.2) is 9.97 Å². The number of hydrogen-bond donors (Lipinski definition) is 0. The first-order chi connectivity index (χ1) is 12.1. The highest BCUT2D eigenvalue weighted by molar-refractivity contribution is 5.95. The van der Waals surface area contributed by atoms with Crippen LogP contribution in [0.25, 0.3) is 0 Å². The van der Waals surface area contributed by atoms with E-state index in [1.165, 1.54) is 0 Å². The van der Waals surface area contributed by atoms with E-state index in [1.807, 2.05) is 0 Å². The van der Waals surface area contributed by atoms with Gasteiger partial charge in [-0.1, -0.05) is 0 Å². The van der Waals surface area contributed by atoms with E-state index in [0.717, 1.165) is 11.3 Å². The van der Waals surface area contributed by atoms with Gasteiger partial charge in [-0.15, -0.1) is 0 Å². The first-order valence-corrected chi connectivity index (χ1v) is 8.13. The fraction of sp³-hybridized carbons (Fsp3) is 0.438. The molecule has 1 saturated heterocycles. The van der Waals surface area contributed by atoms with Gasteiger partial charge in [0.1, 0.15) is 0 Å². The third kappa shape index (κ3) is 2.76. The van der Waals surface area contributed by atoms with Gasteiger partial charge in [0, 0.05) is 38.1 Å². The zero-order valence-electron chi connectivity index (χ0n) is 13.9. The largest absolute Gasteiger partial charge is 0.378 e. The van der Waals surface area contributed by atoms with Crippen LogP contribution in [-0.2, 0) is 24.9 Å². The Kier molecular flexibility index (Phi) is 3.92. The highest BCUT2D eigenvalue weighted by Crippen LogP contribution is 2.27. The molecule has 4 heterocycles. The molecular weight excluding hydrogens is 324 g/mol. The summed E-state index contributed by atoms with van der Waals surface area (Å²) in [6.07, 6.45) is 3.08. The molecule has 9 heteroatoms. The number of ether oxygens (including phenoxy) is 1. The van der Waals surface area contributed by atoms with E-state index < -0.39 is 0 Å². The third-order valence-corrected chi connectivity index (χ3v) is 4.51. The first kappa shape index (κ1) is 15.7. The van der Waals surface area contributed by atoms with E-state index in [4.69, 9.17) is 4.74 Å².